The minimum Gasteiger partial charge on any atom is -0.481 e. The molecule has 0 aliphatic heterocycles. The number of aliphatic carboxylic acids is 1. The number of carboxylic acid groups (broad SMARTS) is 1. The number of hydrogen-bond acceptors (Lipinski definition) is 1. The maximum atomic E-state index is 10.4. The van der Waals surface area contributed by atoms with Gasteiger partial charge in [0.05, 0.1) is 0 Å². The number of fused-ring (bicyclic) bond motifs is 1. The fourth-order valence-electron chi connectivity index (χ4n) is 1.70. The van der Waals surface area contributed by atoms with E-state index in [1.165, 1.54) is 5.39 Å². The van der Waals surface area contributed by atoms with Crippen molar-refractivity contribution in [3.05, 3.63) is 36.0 Å². The Morgan fingerprint density at radius 1 is 1.24 bits per heavy atom. The molecule has 0 spiro atoms. The Balaban J connectivity index is 0.00000128. The van der Waals surface area contributed by atoms with Crippen LogP contribution in [0.5, 0.6) is 0 Å². The predicted octanol–water partition coefficient (Wildman–Crippen LogP) is 1.81. The van der Waals surface area contributed by atoms with Crippen LogP contribution < -0.4 is 0 Å². The van der Waals surface area contributed by atoms with Gasteiger partial charge in [0.25, 0.3) is 0 Å². The van der Waals surface area contributed by atoms with E-state index < -0.39 is 5.97 Å². The number of para-hydroxylation sites is 1. The molecule has 0 aliphatic carbocycles. The van der Waals surface area contributed by atoms with Crippen LogP contribution in [0.3, 0.4) is 0 Å². The van der Waals surface area contributed by atoms with Crippen LogP contribution in [0.2, 0.25) is 0 Å². The van der Waals surface area contributed by atoms with Gasteiger partial charge in [-0.05, 0) is 30.4 Å². The number of carbonyl (C=O) groups is 1. The molecule has 2 aromatic rings. The van der Waals surface area contributed by atoms with Gasteiger partial charge < -0.3 is 10.1 Å². The third kappa shape index (κ3) is 5.16. The second-order valence-electron chi connectivity index (χ2n) is 3.63. The van der Waals surface area contributed by atoms with Crippen molar-refractivity contribution in [1.82, 2.24) is 4.98 Å². The Morgan fingerprint density at radius 2 is 1.94 bits per heavy atom. The first-order chi connectivity index (χ1) is 7.25. The fraction of sp³-hybridized carbons (Fsp3) is 0.250. The van der Waals surface area contributed by atoms with Gasteiger partial charge in [-0.3, -0.25) is 4.79 Å². The monoisotopic (exact) mass is 249 g/mol. The molecule has 1 heterocycles. The van der Waals surface area contributed by atoms with Crippen LogP contribution in [0.4, 0.5) is 0 Å². The Hall–Kier alpha value is 0.230. The minimum atomic E-state index is -0.730. The fourth-order valence-corrected chi connectivity index (χ4v) is 1.70. The van der Waals surface area contributed by atoms with E-state index in [2.05, 4.69) is 11.1 Å². The zero-order chi connectivity index (χ0) is 10.7. The molecule has 1 aromatic carbocycles. The van der Waals surface area contributed by atoms with E-state index in [4.69, 9.17) is 5.11 Å². The number of benzene rings is 1. The van der Waals surface area contributed by atoms with Crippen molar-refractivity contribution in [2.45, 2.75) is 19.3 Å². The third-order valence-corrected chi connectivity index (χ3v) is 2.42. The number of aromatic amines is 1. The van der Waals surface area contributed by atoms with Gasteiger partial charge in [-0.25, -0.2) is 0 Å². The Bertz CT molecular complexity index is 449. The van der Waals surface area contributed by atoms with Crippen molar-refractivity contribution in [2.24, 2.45) is 0 Å². The van der Waals surface area contributed by atoms with Gasteiger partial charge in [0.1, 0.15) is 0 Å². The number of aromatic nitrogens is 1. The first kappa shape index (κ1) is 17.2. The van der Waals surface area contributed by atoms with Crippen molar-refractivity contribution in [3.8, 4) is 0 Å². The van der Waals surface area contributed by atoms with Crippen LogP contribution in [-0.4, -0.2) is 75.2 Å². The Labute approximate surface area is 145 Å². The van der Waals surface area contributed by atoms with Gasteiger partial charge in [0.2, 0.25) is 0 Å². The molecule has 0 atom stereocenters. The van der Waals surface area contributed by atoms with Gasteiger partial charge in [0, 0.05) is 76.7 Å². The van der Waals surface area contributed by atoms with E-state index in [0.29, 0.717) is 6.42 Å². The molecule has 0 amide bonds. The van der Waals surface area contributed by atoms with Gasteiger partial charge >= 0.3 is 5.97 Å². The molecule has 17 heavy (non-hydrogen) atoms. The SMILES string of the molecule is O=C(O)CCCc1cc2ccccc2[nH]1.[Na].[Na]. The summed E-state index contributed by atoms with van der Waals surface area (Å²) in [5.41, 5.74) is 2.22. The number of hydrogen-bond donors (Lipinski definition) is 2. The molecule has 2 N–H and O–H groups in total. The van der Waals surface area contributed by atoms with Crippen LogP contribution >= 0.6 is 0 Å². The molecular formula is C12H13NNa2O2. The number of aryl methyl sites for hydroxylation is 1. The standard InChI is InChI=1S/C12H13NO2.2Na/c14-12(15)7-3-5-10-8-9-4-1-2-6-11(9)13-10;;/h1-2,4,6,8,13H,3,5,7H2,(H,14,15);;. The molecule has 2 rings (SSSR count). The van der Waals surface area contributed by atoms with Crippen LogP contribution in [0.25, 0.3) is 10.9 Å². The summed E-state index contributed by atoms with van der Waals surface area (Å²) in [6.07, 6.45) is 1.71. The summed E-state index contributed by atoms with van der Waals surface area (Å²) in [5.74, 6) is -0.730. The largest absolute Gasteiger partial charge is 0.481 e. The maximum Gasteiger partial charge on any atom is 0.303 e. The average molecular weight is 249 g/mol. The number of rotatable bonds is 4. The van der Waals surface area contributed by atoms with E-state index in [1.54, 1.807) is 0 Å². The van der Waals surface area contributed by atoms with Crippen molar-refractivity contribution < 1.29 is 9.90 Å². The van der Waals surface area contributed by atoms with Crippen molar-refractivity contribution in [1.29, 1.82) is 0 Å². The van der Waals surface area contributed by atoms with Crippen LogP contribution in [0.1, 0.15) is 18.5 Å². The summed E-state index contributed by atoms with van der Waals surface area (Å²) < 4.78 is 0. The zero-order valence-corrected chi connectivity index (χ0v) is 14.4. The molecule has 0 unspecified atom stereocenters. The maximum absolute atomic E-state index is 10.4. The molecule has 0 bridgehead atoms. The van der Waals surface area contributed by atoms with E-state index in [9.17, 15) is 4.79 Å². The topological polar surface area (TPSA) is 53.1 Å². The second kappa shape index (κ2) is 8.35. The van der Waals surface area contributed by atoms with Crippen LogP contribution in [-0.2, 0) is 11.2 Å². The van der Waals surface area contributed by atoms with E-state index >= 15 is 0 Å². The predicted molar refractivity (Wildman–Crippen MR) is 70.4 cm³/mol. The molecule has 1 aromatic heterocycles. The van der Waals surface area contributed by atoms with E-state index in [0.717, 1.165) is 17.6 Å². The van der Waals surface area contributed by atoms with Crippen molar-refractivity contribution in [2.75, 3.05) is 0 Å². The summed E-state index contributed by atoms with van der Waals surface area (Å²) >= 11 is 0. The van der Waals surface area contributed by atoms with E-state index in [1.807, 2.05) is 24.3 Å². The van der Waals surface area contributed by atoms with Crippen molar-refractivity contribution in [3.63, 3.8) is 0 Å². The van der Waals surface area contributed by atoms with Gasteiger partial charge in [-0.15, -0.1) is 0 Å². The Kier molecular flexibility index (Phi) is 8.47. The van der Waals surface area contributed by atoms with Crippen LogP contribution in [0.15, 0.2) is 30.3 Å². The molecule has 0 fully saturated rings. The number of H-pyrrole nitrogens is 1. The average Bonchev–Trinajstić information content (AvgIpc) is 2.59. The summed E-state index contributed by atoms with van der Waals surface area (Å²) in [5, 5.41) is 9.70. The van der Waals surface area contributed by atoms with Crippen LogP contribution in [0, 0.1) is 0 Å². The molecule has 0 saturated carbocycles. The summed E-state index contributed by atoms with van der Waals surface area (Å²) in [4.78, 5) is 13.6. The smallest absolute Gasteiger partial charge is 0.303 e. The molecule has 0 aliphatic rings. The van der Waals surface area contributed by atoms with E-state index in [-0.39, 0.29) is 65.5 Å². The number of carboxylic acids is 1. The summed E-state index contributed by atoms with van der Waals surface area (Å²) in [6.45, 7) is 0. The molecule has 0 saturated heterocycles. The first-order valence-electron chi connectivity index (χ1n) is 5.04. The molecular weight excluding hydrogens is 236 g/mol. The summed E-state index contributed by atoms with van der Waals surface area (Å²) in [7, 11) is 0. The number of nitrogens with one attached hydrogen (secondary N) is 1. The molecule has 3 nitrogen and oxygen atoms in total. The first-order valence-corrected chi connectivity index (χ1v) is 5.04. The molecule has 80 valence electrons. The normalized spacial score (nSPS) is 9.41. The van der Waals surface area contributed by atoms with Gasteiger partial charge in [-0.1, -0.05) is 18.2 Å². The second-order valence-corrected chi connectivity index (χ2v) is 3.63. The quantitative estimate of drug-likeness (QED) is 0.812. The van der Waals surface area contributed by atoms with Gasteiger partial charge in [-0.2, -0.15) is 0 Å². The minimum absolute atomic E-state index is 0. The molecule has 2 radical (unpaired) electrons. The third-order valence-electron chi connectivity index (χ3n) is 2.42. The molecule has 5 heteroatoms. The zero-order valence-electron chi connectivity index (χ0n) is 10.4. The van der Waals surface area contributed by atoms with Crippen molar-refractivity contribution >= 4 is 76.0 Å². The van der Waals surface area contributed by atoms with Gasteiger partial charge in [0.15, 0.2) is 0 Å². The Morgan fingerprint density at radius 3 is 2.59 bits per heavy atom. The summed E-state index contributed by atoms with van der Waals surface area (Å²) in [6, 6.07) is 10.1.